The fraction of sp³-hybridized carbons (Fsp3) is 0.529. The summed E-state index contributed by atoms with van der Waals surface area (Å²) in [4.78, 5) is 18.8. The summed E-state index contributed by atoms with van der Waals surface area (Å²) in [6.07, 6.45) is 6.11. The molecule has 5 nitrogen and oxygen atoms in total. The van der Waals surface area contributed by atoms with Gasteiger partial charge in [-0.1, -0.05) is 0 Å². The molecule has 0 aliphatic carbocycles. The van der Waals surface area contributed by atoms with Crippen LogP contribution in [-0.2, 0) is 4.74 Å². The Balaban J connectivity index is 1.47. The van der Waals surface area contributed by atoms with Crippen molar-refractivity contribution in [1.82, 2.24) is 9.88 Å². The Morgan fingerprint density at radius 2 is 1.95 bits per heavy atom. The zero-order chi connectivity index (χ0) is 15.0. The minimum atomic E-state index is -0.0140. The van der Waals surface area contributed by atoms with Crippen LogP contribution in [0, 0.1) is 5.41 Å². The van der Waals surface area contributed by atoms with Gasteiger partial charge in [-0.05, 0) is 43.2 Å². The number of carbonyl (C=O) groups excluding carboxylic acids is 1. The molecule has 1 spiro atoms. The van der Waals surface area contributed by atoms with Crippen LogP contribution in [0.4, 0.5) is 0 Å². The molecule has 116 valence electrons. The summed E-state index contributed by atoms with van der Waals surface area (Å²) in [5.74, 6) is 0.386. The number of aromatic nitrogens is 1. The van der Waals surface area contributed by atoms with E-state index in [4.69, 9.17) is 9.15 Å². The first kappa shape index (κ1) is 13.8. The lowest BCUT2D eigenvalue weighted by Gasteiger charge is -2.43. The second kappa shape index (κ2) is 5.39. The van der Waals surface area contributed by atoms with Gasteiger partial charge in [0.05, 0.1) is 0 Å². The van der Waals surface area contributed by atoms with Gasteiger partial charge in [-0.3, -0.25) is 9.78 Å². The number of fused-ring (bicyclic) bond motifs is 1. The van der Waals surface area contributed by atoms with Crippen LogP contribution in [0.25, 0.3) is 11.1 Å². The number of ether oxygens (including phenoxy) is 1. The van der Waals surface area contributed by atoms with Gasteiger partial charge in [-0.15, -0.1) is 0 Å². The maximum absolute atomic E-state index is 12.6. The lowest BCUT2D eigenvalue weighted by Crippen LogP contribution is -2.45. The number of piperidine rings is 1. The molecule has 0 bridgehead atoms. The van der Waals surface area contributed by atoms with E-state index in [1.807, 2.05) is 17.0 Å². The summed E-state index contributed by atoms with van der Waals surface area (Å²) in [6.45, 7) is 3.35. The van der Waals surface area contributed by atoms with Crippen molar-refractivity contribution in [3.63, 3.8) is 0 Å². The van der Waals surface area contributed by atoms with E-state index in [9.17, 15) is 4.79 Å². The molecule has 2 fully saturated rings. The van der Waals surface area contributed by atoms with Crippen molar-refractivity contribution in [2.45, 2.75) is 25.7 Å². The van der Waals surface area contributed by atoms with E-state index in [2.05, 4.69) is 4.98 Å². The van der Waals surface area contributed by atoms with Gasteiger partial charge in [0, 0.05) is 38.6 Å². The smallest absolute Gasteiger partial charge is 0.289 e. The SMILES string of the molecule is O=C(c1cc2ncccc2o1)N1CCC2(CCOCC2)CC1. The van der Waals surface area contributed by atoms with E-state index >= 15 is 0 Å². The average Bonchev–Trinajstić information content (AvgIpc) is 3.00. The zero-order valence-corrected chi connectivity index (χ0v) is 12.6. The predicted octanol–water partition coefficient (Wildman–Crippen LogP) is 2.86. The molecular formula is C17H20N2O3. The summed E-state index contributed by atoms with van der Waals surface area (Å²) >= 11 is 0. The van der Waals surface area contributed by atoms with Crippen molar-refractivity contribution >= 4 is 17.0 Å². The number of hydrogen-bond acceptors (Lipinski definition) is 4. The van der Waals surface area contributed by atoms with Gasteiger partial charge < -0.3 is 14.1 Å². The molecule has 0 atom stereocenters. The van der Waals surface area contributed by atoms with Crippen LogP contribution in [0.15, 0.2) is 28.8 Å². The van der Waals surface area contributed by atoms with Crippen molar-refractivity contribution in [2.75, 3.05) is 26.3 Å². The molecule has 0 radical (unpaired) electrons. The standard InChI is InChI=1S/C17H20N2O3/c20-16(15-12-13-14(22-15)2-1-7-18-13)19-8-3-17(4-9-19)5-10-21-11-6-17/h1-2,7,12H,3-6,8-11H2. The molecule has 0 unspecified atom stereocenters. The number of likely N-dealkylation sites (tertiary alicyclic amines) is 1. The van der Waals surface area contributed by atoms with Crippen LogP contribution < -0.4 is 0 Å². The number of nitrogens with zero attached hydrogens (tertiary/aromatic N) is 2. The van der Waals surface area contributed by atoms with E-state index in [0.717, 1.165) is 57.5 Å². The highest BCUT2D eigenvalue weighted by Gasteiger charge is 2.37. The first-order valence-corrected chi connectivity index (χ1v) is 7.97. The number of amides is 1. The highest BCUT2D eigenvalue weighted by Crippen LogP contribution is 2.40. The number of rotatable bonds is 1. The van der Waals surface area contributed by atoms with Gasteiger partial charge in [-0.2, -0.15) is 0 Å². The summed E-state index contributed by atoms with van der Waals surface area (Å²) in [6, 6.07) is 5.40. The minimum Gasteiger partial charge on any atom is -0.449 e. The molecule has 2 aromatic rings. The monoisotopic (exact) mass is 300 g/mol. The second-order valence-electron chi connectivity index (χ2n) is 6.40. The first-order valence-electron chi connectivity index (χ1n) is 7.97. The number of hydrogen-bond donors (Lipinski definition) is 0. The summed E-state index contributed by atoms with van der Waals surface area (Å²) in [5.41, 5.74) is 1.80. The van der Waals surface area contributed by atoms with Crippen LogP contribution in [-0.4, -0.2) is 42.1 Å². The summed E-state index contributed by atoms with van der Waals surface area (Å²) in [5, 5.41) is 0. The average molecular weight is 300 g/mol. The maximum Gasteiger partial charge on any atom is 0.289 e. The van der Waals surface area contributed by atoms with Crippen LogP contribution >= 0.6 is 0 Å². The molecular weight excluding hydrogens is 280 g/mol. The van der Waals surface area contributed by atoms with Crippen molar-refractivity contribution in [2.24, 2.45) is 5.41 Å². The molecule has 0 N–H and O–H groups in total. The summed E-state index contributed by atoms with van der Waals surface area (Å²) < 4.78 is 11.1. The third-order valence-electron chi connectivity index (χ3n) is 5.16. The molecule has 0 aromatic carbocycles. The van der Waals surface area contributed by atoms with Crippen LogP contribution in [0.2, 0.25) is 0 Å². The lowest BCUT2D eigenvalue weighted by atomic mass is 9.72. The molecule has 1 amide bonds. The first-order chi connectivity index (χ1) is 10.8. The fourth-order valence-corrected chi connectivity index (χ4v) is 3.62. The Hall–Kier alpha value is -1.88. The molecule has 4 rings (SSSR count). The van der Waals surface area contributed by atoms with E-state index in [0.29, 0.717) is 16.8 Å². The quantitative estimate of drug-likeness (QED) is 0.812. The Morgan fingerprint density at radius 3 is 2.68 bits per heavy atom. The van der Waals surface area contributed by atoms with Gasteiger partial charge in [0.25, 0.3) is 5.91 Å². The van der Waals surface area contributed by atoms with Crippen LogP contribution in [0.5, 0.6) is 0 Å². The number of furan rings is 1. The third-order valence-corrected chi connectivity index (χ3v) is 5.16. The second-order valence-corrected chi connectivity index (χ2v) is 6.40. The highest BCUT2D eigenvalue weighted by molar-refractivity contribution is 5.95. The largest absolute Gasteiger partial charge is 0.449 e. The van der Waals surface area contributed by atoms with Crippen molar-refractivity contribution in [3.8, 4) is 0 Å². The van der Waals surface area contributed by atoms with Gasteiger partial charge in [0.1, 0.15) is 5.52 Å². The number of pyridine rings is 1. The van der Waals surface area contributed by atoms with Gasteiger partial charge in [-0.25, -0.2) is 0 Å². The van der Waals surface area contributed by atoms with Crippen LogP contribution in [0.3, 0.4) is 0 Å². The molecule has 2 aliphatic heterocycles. The van der Waals surface area contributed by atoms with E-state index in [1.165, 1.54) is 0 Å². The van der Waals surface area contributed by atoms with Gasteiger partial charge >= 0.3 is 0 Å². The topological polar surface area (TPSA) is 55.6 Å². The molecule has 2 saturated heterocycles. The lowest BCUT2D eigenvalue weighted by molar-refractivity contribution is -0.0179. The summed E-state index contributed by atoms with van der Waals surface area (Å²) in [7, 11) is 0. The molecule has 22 heavy (non-hydrogen) atoms. The van der Waals surface area contributed by atoms with E-state index in [-0.39, 0.29) is 5.91 Å². The molecule has 2 aliphatic rings. The molecule has 4 heterocycles. The molecule has 0 saturated carbocycles. The number of carbonyl (C=O) groups is 1. The van der Waals surface area contributed by atoms with Crippen molar-refractivity contribution in [3.05, 3.63) is 30.2 Å². The molecule has 5 heteroatoms. The third kappa shape index (κ3) is 2.39. The zero-order valence-electron chi connectivity index (χ0n) is 12.6. The Kier molecular flexibility index (Phi) is 3.37. The predicted molar refractivity (Wildman–Crippen MR) is 81.6 cm³/mol. The fourth-order valence-electron chi connectivity index (χ4n) is 3.62. The van der Waals surface area contributed by atoms with Gasteiger partial charge in [0.15, 0.2) is 11.3 Å². The van der Waals surface area contributed by atoms with Crippen molar-refractivity contribution < 1.29 is 13.9 Å². The maximum atomic E-state index is 12.6. The Morgan fingerprint density at radius 1 is 1.18 bits per heavy atom. The van der Waals surface area contributed by atoms with E-state index < -0.39 is 0 Å². The normalized spacial score (nSPS) is 21.4. The van der Waals surface area contributed by atoms with Crippen LogP contribution in [0.1, 0.15) is 36.2 Å². The Labute approximate surface area is 129 Å². The minimum absolute atomic E-state index is 0.0140. The van der Waals surface area contributed by atoms with E-state index in [1.54, 1.807) is 12.3 Å². The highest BCUT2D eigenvalue weighted by atomic mass is 16.5. The Bertz CT molecular complexity index is 645. The molecule has 2 aromatic heterocycles. The van der Waals surface area contributed by atoms with Gasteiger partial charge in [0.2, 0.25) is 0 Å². The van der Waals surface area contributed by atoms with Crippen molar-refractivity contribution in [1.29, 1.82) is 0 Å².